The molecule has 0 aromatic heterocycles. The Hall–Kier alpha value is -1.77. The zero-order valence-corrected chi connectivity index (χ0v) is 8.34. The Bertz CT molecular complexity index is 285. The monoisotopic (exact) mass is 212 g/mol. The van der Waals surface area contributed by atoms with Gasteiger partial charge < -0.3 is 5.11 Å². The number of hydrogen-bond donors (Lipinski definition) is 1. The van der Waals surface area contributed by atoms with Gasteiger partial charge in [0.15, 0.2) is 6.17 Å². The van der Waals surface area contributed by atoms with Gasteiger partial charge in [-0.3, -0.25) is 4.79 Å². The van der Waals surface area contributed by atoms with Crippen LogP contribution in [0.4, 0.5) is 0 Å². The van der Waals surface area contributed by atoms with Gasteiger partial charge in [-0.2, -0.15) is 9.98 Å². The zero-order valence-electron chi connectivity index (χ0n) is 8.34. The lowest BCUT2D eigenvalue weighted by Gasteiger charge is -2.13. The van der Waals surface area contributed by atoms with E-state index < -0.39 is 18.1 Å². The molecule has 1 atom stereocenters. The molecule has 0 aromatic rings. The van der Waals surface area contributed by atoms with Crippen LogP contribution in [0, 0.1) is 5.92 Å². The van der Waals surface area contributed by atoms with Crippen LogP contribution in [0.3, 0.4) is 0 Å². The first-order chi connectivity index (χ1) is 7.17. The molecule has 0 aliphatic rings. The van der Waals surface area contributed by atoms with Crippen molar-refractivity contribution in [3.8, 4) is 0 Å². The van der Waals surface area contributed by atoms with Crippen LogP contribution >= 0.6 is 0 Å². The summed E-state index contributed by atoms with van der Waals surface area (Å²) in [5.74, 6) is -2.10. The summed E-state index contributed by atoms with van der Waals surface area (Å²) >= 11 is 0. The summed E-state index contributed by atoms with van der Waals surface area (Å²) in [5, 5.41) is 8.84. The molecule has 6 nitrogen and oxygen atoms in total. The van der Waals surface area contributed by atoms with Crippen LogP contribution in [-0.2, 0) is 14.4 Å². The summed E-state index contributed by atoms with van der Waals surface area (Å²) in [6, 6.07) is 0. The maximum absolute atomic E-state index is 10.8. The van der Waals surface area contributed by atoms with Crippen LogP contribution in [0.15, 0.2) is 9.98 Å². The molecule has 0 heterocycles. The quantitative estimate of drug-likeness (QED) is 0.500. The highest BCUT2D eigenvalue weighted by molar-refractivity contribution is 5.71. The predicted octanol–water partition coefficient (Wildman–Crippen LogP) is 0.875. The lowest BCUT2D eigenvalue weighted by atomic mass is 9.99. The van der Waals surface area contributed by atoms with Crippen LogP contribution in [0.2, 0.25) is 0 Å². The van der Waals surface area contributed by atoms with Gasteiger partial charge in [-0.1, -0.05) is 19.8 Å². The first-order valence-corrected chi connectivity index (χ1v) is 4.54. The van der Waals surface area contributed by atoms with Crippen molar-refractivity contribution in [1.29, 1.82) is 0 Å². The van der Waals surface area contributed by atoms with Gasteiger partial charge in [-0.05, 0) is 6.42 Å². The molecule has 1 N–H and O–H groups in total. The largest absolute Gasteiger partial charge is 0.481 e. The molecule has 0 bridgehead atoms. The number of nitrogens with zero attached hydrogens (tertiary/aromatic N) is 2. The topological polar surface area (TPSA) is 96.2 Å². The third-order valence-corrected chi connectivity index (χ3v) is 1.92. The fourth-order valence-corrected chi connectivity index (χ4v) is 1.14. The van der Waals surface area contributed by atoms with Gasteiger partial charge in [0.25, 0.3) is 0 Å². The predicted molar refractivity (Wildman–Crippen MR) is 50.7 cm³/mol. The van der Waals surface area contributed by atoms with E-state index in [1.807, 2.05) is 6.92 Å². The maximum Gasteiger partial charge on any atom is 0.310 e. The smallest absolute Gasteiger partial charge is 0.310 e. The zero-order chi connectivity index (χ0) is 11.7. The van der Waals surface area contributed by atoms with E-state index in [0.29, 0.717) is 12.8 Å². The van der Waals surface area contributed by atoms with E-state index in [0.717, 1.165) is 6.42 Å². The van der Waals surface area contributed by atoms with Crippen LogP contribution in [0.25, 0.3) is 0 Å². The van der Waals surface area contributed by atoms with Crippen molar-refractivity contribution in [3.63, 3.8) is 0 Å². The molecular formula is C9H12N2O4. The van der Waals surface area contributed by atoms with Gasteiger partial charge in [-0.25, -0.2) is 9.59 Å². The second-order valence-electron chi connectivity index (χ2n) is 2.94. The molecular weight excluding hydrogens is 200 g/mol. The number of carboxylic acids is 1. The molecule has 6 heteroatoms. The molecule has 1 unspecified atom stereocenters. The number of carboxylic acid groups (broad SMARTS) is 1. The Balaban J connectivity index is 4.73. The van der Waals surface area contributed by atoms with Crippen molar-refractivity contribution in [2.24, 2.45) is 15.9 Å². The summed E-state index contributed by atoms with van der Waals surface area (Å²) < 4.78 is 0. The molecule has 15 heavy (non-hydrogen) atoms. The molecule has 0 radical (unpaired) electrons. The maximum atomic E-state index is 10.8. The van der Waals surface area contributed by atoms with Crippen molar-refractivity contribution < 1.29 is 19.5 Å². The van der Waals surface area contributed by atoms with Gasteiger partial charge in [-0.15, -0.1) is 0 Å². The minimum absolute atomic E-state index is 0.312. The van der Waals surface area contributed by atoms with E-state index in [1.54, 1.807) is 0 Å². The van der Waals surface area contributed by atoms with E-state index >= 15 is 0 Å². The second-order valence-corrected chi connectivity index (χ2v) is 2.94. The average molecular weight is 212 g/mol. The van der Waals surface area contributed by atoms with Crippen LogP contribution in [-0.4, -0.2) is 29.4 Å². The number of isocyanates is 2. The minimum atomic E-state index is -1.20. The number of rotatable bonds is 7. The van der Waals surface area contributed by atoms with E-state index in [1.165, 1.54) is 12.2 Å². The Morgan fingerprint density at radius 3 is 2.20 bits per heavy atom. The van der Waals surface area contributed by atoms with Crippen LogP contribution in [0.1, 0.15) is 26.2 Å². The van der Waals surface area contributed by atoms with E-state index in [9.17, 15) is 14.4 Å². The Morgan fingerprint density at radius 1 is 1.33 bits per heavy atom. The molecule has 0 spiro atoms. The Kier molecular flexibility index (Phi) is 6.72. The highest BCUT2D eigenvalue weighted by Crippen LogP contribution is 2.16. The fourth-order valence-electron chi connectivity index (χ4n) is 1.14. The Labute approximate surface area is 86.7 Å². The summed E-state index contributed by atoms with van der Waals surface area (Å²) in [6.07, 6.45) is 2.99. The van der Waals surface area contributed by atoms with Gasteiger partial charge in [0.2, 0.25) is 12.2 Å². The number of aliphatic imine (C=N–C) groups is 2. The van der Waals surface area contributed by atoms with Crippen molar-refractivity contribution in [2.75, 3.05) is 0 Å². The number of hydrogen-bond acceptors (Lipinski definition) is 5. The standard InChI is InChI=1S/C9H12N2O4/c1-2-3-4-7(9(14)15)8(10-5-12)11-6-13/h7-8H,2-4H2,1H3,(H,14,15). The molecule has 0 aliphatic carbocycles. The number of carbonyl (C=O) groups excluding carboxylic acids is 2. The van der Waals surface area contributed by atoms with Crippen molar-refractivity contribution in [3.05, 3.63) is 0 Å². The van der Waals surface area contributed by atoms with Crippen LogP contribution in [0.5, 0.6) is 0 Å². The first-order valence-electron chi connectivity index (χ1n) is 4.54. The van der Waals surface area contributed by atoms with E-state index in [-0.39, 0.29) is 0 Å². The van der Waals surface area contributed by atoms with Gasteiger partial charge >= 0.3 is 5.97 Å². The second kappa shape index (κ2) is 7.62. The van der Waals surface area contributed by atoms with Gasteiger partial charge in [0.05, 0.1) is 0 Å². The highest BCUT2D eigenvalue weighted by atomic mass is 16.4. The fraction of sp³-hybridized carbons (Fsp3) is 0.667. The molecule has 0 fully saturated rings. The van der Waals surface area contributed by atoms with Crippen molar-refractivity contribution in [2.45, 2.75) is 32.4 Å². The summed E-state index contributed by atoms with van der Waals surface area (Å²) in [6.45, 7) is 1.90. The first kappa shape index (κ1) is 13.2. The molecule has 82 valence electrons. The molecule has 0 amide bonds. The lowest BCUT2D eigenvalue weighted by Crippen LogP contribution is -2.25. The minimum Gasteiger partial charge on any atom is -0.481 e. The number of carbonyl (C=O) groups is 1. The van der Waals surface area contributed by atoms with Gasteiger partial charge in [0.1, 0.15) is 5.92 Å². The van der Waals surface area contributed by atoms with Crippen LogP contribution < -0.4 is 0 Å². The van der Waals surface area contributed by atoms with E-state index in [4.69, 9.17) is 5.11 Å². The van der Waals surface area contributed by atoms with E-state index in [2.05, 4.69) is 9.98 Å². The summed E-state index contributed by atoms with van der Waals surface area (Å²) in [5.41, 5.74) is 0. The SMILES string of the molecule is CCCCC(C(=O)O)C(N=C=O)N=C=O. The van der Waals surface area contributed by atoms with Gasteiger partial charge in [0, 0.05) is 0 Å². The molecule has 0 aromatic carbocycles. The molecule has 0 saturated carbocycles. The summed E-state index contributed by atoms with van der Waals surface area (Å²) in [4.78, 5) is 37.2. The normalized spacial score (nSPS) is 13.1. The van der Waals surface area contributed by atoms with Crippen molar-refractivity contribution >= 4 is 18.1 Å². The third-order valence-electron chi connectivity index (χ3n) is 1.92. The average Bonchev–Trinajstić information content (AvgIpc) is 2.18. The molecule has 0 rings (SSSR count). The third kappa shape index (κ3) is 4.86. The molecule has 0 aliphatic heterocycles. The molecule has 0 saturated heterocycles. The lowest BCUT2D eigenvalue weighted by molar-refractivity contribution is -0.142. The number of aliphatic carboxylic acids is 1. The van der Waals surface area contributed by atoms with Crippen molar-refractivity contribution in [1.82, 2.24) is 0 Å². The highest BCUT2D eigenvalue weighted by Gasteiger charge is 2.27. The summed E-state index contributed by atoms with van der Waals surface area (Å²) in [7, 11) is 0. The number of unbranched alkanes of at least 4 members (excludes halogenated alkanes) is 1. The Morgan fingerprint density at radius 2 is 1.87 bits per heavy atom.